The second kappa shape index (κ2) is 70.3. The number of carbonyl (C=O) groups excluding carboxylic acids is 3. The minimum Gasteiger partial charge on any atom is -0.462 e. The number of allylic oxidation sites excluding steroid dienone is 20. The van der Waals surface area contributed by atoms with Crippen molar-refractivity contribution in [3.8, 4) is 0 Å². The number of hydrogen-bond acceptors (Lipinski definition) is 6. The van der Waals surface area contributed by atoms with Crippen molar-refractivity contribution in [3.05, 3.63) is 122 Å². The van der Waals surface area contributed by atoms with E-state index in [1.807, 2.05) is 0 Å². The first kappa shape index (κ1) is 78.8. The molecule has 1 unspecified atom stereocenters. The summed E-state index contributed by atoms with van der Waals surface area (Å²) in [5.74, 6) is -0.919. The molecule has 0 aromatic rings. The van der Waals surface area contributed by atoms with E-state index in [0.29, 0.717) is 19.3 Å². The van der Waals surface area contributed by atoms with Crippen molar-refractivity contribution < 1.29 is 28.6 Å². The molecule has 0 aliphatic carbocycles. The van der Waals surface area contributed by atoms with Crippen molar-refractivity contribution in [1.29, 1.82) is 0 Å². The minimum absolute atomic E-state index is 0.0931. The first-order chi connectivity index (χ1) is 41.0. The lowest BCUT2D eigenvalue weighted by molar-refractivity contribution is -0.167. The van der Waals surface area contributed by atoms with Crippen molar-refractivity contribution in [2.24, 2.45) is 0 Å². The molecule has 0 bridgehead atoms. The van der Waals surface area contributed by atoms with E-state index < -0.39 is 6.10 Å². The van der Waals surface area contributed by atoms with Gasteiger partial charge in [0.15, 0.2) is 6.10 Å². The van der Waals surface area contributed by atoms with Gasteiger partial charge in [-0.3, -0.25) is 14.4 Å². The van der Waals surface area contributed by atoms with Gasteiger partial charge in [0.05, 0.1) is 0 Å². The Bertz CT molecular complexity index is 1700. The lowest BCUT2D eigenvalue weighted by Gasteiger charge is -2.18. The maximum Gasteiger partial charge on any atom is 0.306 e. The number of hydrogen-bond donors (Lipinski definition) is 0. The molecule has 0 radical (unpaired) electrons. The van der Waals surface area contributed by atoms with Gasteiger partial charge in [-0.1, -0.05) is 322 Å². The third-order valence-corrected chi connectivity index (χ3v) is 15.0. The normalized spacial score (nSPS) is 12.9. The third kappa shape index (κ3) is 68.5. The highest BCUT2D eigenvalue weighted by atomic mass is 16.6. The second-order valence-electron chi connectivity index (χ2n) is 23.1. The highest BCUT2D eigenvalue weighted by molar-refractivity contribution is 5.71. The Labute approximate surface area is 513 Å². The molecule has 0 aromatic heterocycles. The van der Waals surface area contributed by atoms with Crippen LogP contribution in [-0.2, 0) is 28.6 Å². The maximum absolute atomic E-state index is 13.0. The van der Waals surface area contributed by atoms with Crippen molar-refractivity contribution in [2.45, 2.75) is 335 Å². The number of unbranched alkanes of at least 4 members (excludes halogenated alkanes) is 32. The maximum atomic E-state index is 13.0. The third-order valence-electron chi connectivity index (χ3n) is 15.0. The Morgan fingerprint density at radius 1 is 0.253 bits per heavy atom. The molecule has 474 valence electrons. The second-order valence-corrected chi connectivity index (χ2v) is 23.1. The van der Waals surface area contributed by atoms with E-state index in [1.165, 1.54) is 141 Å². The summed E-state index contributed by atoms with van der Waals surface area (Å²) in [6, 6.07) is 0. The largest absolute Gasteiger partial charge is 0.462 e. The van der Waals surface area contributed by atoms with Crippen LogP contribution < -0.4 is 0 Å². The van der Waals surface area contributed by atoms with E-state index in [4.69, 9.17) is 14.2 Å². The van der Waals surface area contributed by atoms with E-state index >= 15 is 0 Å². The Balaban J connectivity index is 4.38. The van der Waals surface area contributed by atoms with Crippen LogP contribution in [-0.4, -0.2) is 37.2 Å². The summed E-state index contributed by atoms with van der Waals surface area (Å²) in [5.41, 5.74) is 0. The number of rotatable bonds is 63. The molecular formula is C77H130O6. The van der Waals surface area contributed by atoms with Crippen molar-refractivity contribution >= 4 is 17.9 Å². The molecule has 0 aliphatic heterocycles. The van der Waals surface area contributed by atoms with E-state index in [0.717, 1.165) is 148 Å². The smallest absolute Gasteiger partial charge is 0.306 e. The molecule has 1 atom stereocenters. The van der Waals surface area contributed by atoms with Crippen LogP contribution in [0.15, 0.2) is 122 Å². The average molecular weight is 1150 g/mol. The van der Waals surface area contributed by atoms with Crippen LogP contribution in [0.2, 0.25) is 0 Å². The number of carbonyl (C=O) groups is 3. The van der Waals surface area contributed by atoms with Crippen LogP contribution in [0, 0.1) is 0 Å². The topological polar surface area (TPSA) is 78.9 Å². The lowest BCUT2D eigenvalue weighted by atomic mass is 10.0. The number of ether oxygens (including phenoxy) is 3. The van der Waals surface area contributed by atoms with Gasteiger partial charge in [-0.25, -0.2) is 0 Å². The summed E-state index contributed by atoms with van der Waals surface area (Å²) in [5, 5.41) is 0. The van der Waals surface area contributed by atoms with Gasteiger partial charge in [0.1, 0.15) is 13.2 Å². The van der Waals surface area contributed by atoms with Gasteiger partial charge < -0.3 is 14.2 Å². The van der Waals surface area contributed by atoms with Crippen molar-refractivity contribution in [2.75, 3.05) is 13.2 Å². The Hall–Kier alpha value is -4.19. The quantitative estimate of drug-likeness (QED) is 0.0261. The molecular weight excluding hydrogens is 1020 g/mol. The molecule has 0 amide bonds. The monoisotopic (exact) mass is 1150 g/mol. The predicted octanol–water partition coefficient (Wildman–Crippen LogP) is 24.3. The fourth-order valence-corrected chi connectivity index (χ4v) is 9.71. The Morgan fingerprint density at radius 2 is 0.482 bits per heavy atom. The van der Waals surface area contributed by atoms with Crippen LogP contribution >= 0.6 is 0 Å². The fourth-order valence-electron chi connectivity index (χ4n) is 9.71. The lowest BCUT2D eigenvalue weighted by Crippen LogP contribution is -2.30. The molecule has 0 heterocycles. The van der Waals surface area contributed by atoms with Gasteiger partial charge in [-0.15, -0.1) is 0 Å². The first-order valence-electron chi connectivity index (χ1n) is 35.0. The molecule has 0 rings (SSSR count). The summed E-state index contributed by atoms with van der Waals surface area (Å²) in [6.45, 7) is 6.49. The molecule has 0 N–H and O–H groups in total. The van der Waals surface area contributed by atoms with Crippen LogP contribution in [0.1, 0.15) is 329 Å². The van der Waals surface area contributed by atoms with E-state index in [1.54, 1.807) is 0 Å². The van der Waals surface area contributed by atoms with Gasteiger partial charge in [-0.05, 0) is 109 Å². The zero-order chi connectivity index (χ0) is 59.9. The van der Waals surface area contributed by atoms with Gasteiger partial charge in [0.2, 0.25) is 0 Å². The van der Waals surface area contributed by atoms with Crippen molar-refractivity contribution in [1.82, 2.24) is 0 Å². The summed E-state index contributed by atoms with van der Waals surface area (Å²) < 4.78 is 16.9. The van der Waals surface area contributed by atoms with E-state index in [-0.39, 0.29) is 31.1 Å². The van der Waals surface area contributed by atoms with E-state index in [2.05, 4.69) is 142 Å². The summed E-state index contributed by atoms with van der Waals surface area (Å²) >= 11 is 0. The SMILES string of the molecule is CC/C=C\C/C=C\C/C=C\C/C=C\C/C=C\C/C=C\C/C=C\C/C=C\CCCCCCC(=O)OCC(COC(=O)CCCCCCC/C=C\C/C=C\CCCC)OC(=O)CCCCCCCCCCCCCCCCCCCCCCCC. The molecule has 0 aromatic carbocycles. The Kier molecular flexibility index (Phi) is 66.7. The van der Waals surface area contributed by atoms with Crippen LogP contribution in [0.5, 0.6) is 0 Å². The molecule has 0 fully saturated rings. The van der Waals surface area contributed by atoms with Gasteiger partial charge in [-0.2, -0.15) is 0 Å². The molecule has 0 spiro atoms. The molecule has 0 saturated carbocycles. The molecule has 83 heavy (non-hydrogen) atoms. The predicted molar refractivity (Wildman–Crippen MR) is 362 cm³/mol. The highest BCUT2D eigenvalue weighted by Crippen LogP contribution is 2.17. The van der Waals surface area contributed by atoms with Crippen LogP contribution in [0.3, 0.4) is 0 Å². The van der Waals surface area contributed by atoms with E-state index in [9.17, 15) is 14.4 Å². The average Bonchev–Trinajstić information content (AvgIpc) is 3.49. The summed E-state index contributed by atoms with van der Waals surface area (Å²) in [7, 11) is 0. The van der Waals surface area contributed by atoms with Crippen molar-refractivity contribution in [3.63, 3.8) is 0 Å². The molecule has 6 heteroatoms. The zero-order valence-electron chi connectivity index (χ0n) is 54.4. The van der Waals surface area contributed by atoms with Crippen LogP contribution in [0.25, 0.3) is 0 Å². The highest BCUT2D eigenvalue weighted by Gasteiger charge is 2.19. The summed E-state index contributed by atoms with van der Waals surface area (Å²) in [4.78, 5) is 38.4. The van der Waals surface area contributed by atoms with Gasteiger partial charge in [0, 0.05) is 19.3 Å². The minimum atomic E-state index is -0.798. The van der Waals surface area contributed by atoms with Crippen LogP contribution in [0.4, 0.5) is 0 Å². The first-order valence-corrected chi connectivity index (χ1v) is 35.0. The molecule has 0 saturated heterocycles. The standard InChI is InChI=1S/C77H130O6/c1-4-7-10-13-16-19-22-25-28-30-32-34-36-37-38-39-40-41-42-44-45-47-49-52-55-58-61-64-67-70-76(79)82-73-74(72-81-75(78)69-66-63-60-57-54-51-27-24-21-18-15-12-9-6-3)83-77(80)71-68-65-62-59-56-53-50-48-46-43-35-33-31-29-26-23-20-17-14-11-8-5-2/h7,10,15-16,18-19,24-25,27-28,32,34,37-38,40-41,44-45,49,52,74H,4-6,8-9,11-14,17,20-23,26,29-31,33,35-36,39,42-43,46-48,50-51,53-73H2,1-3H3/b10-7-,18-15-,19-16-,27-24-,28-25-,34-32-,38-37-,41-40-,45-44-,52-49-. The zero-order valence-corrected chi connectivity index (χ0v) is 54.4. The van der Waals surface area contributed by atoms with Gasteiger partial charge >= 0.3 is 17.9 Å². The van der Waals surface area contributed by atoms with Gasteiger partial charge in [0.25, 0.3) is 0 Å². The molecule has 6 nitrogen and oxygen atoms in total. The fraction of sp³-hybridized carbons (Fsp3) is 0.701. The Morgan fingerprint density at radius 3 is 0.771 bits per heavy atom. The number of esters is 3. The molecule has 0 aliphatic rings. The summed E-state index contributed by atoms with van der Waals surface area (Å²) in [6.07, 6.45) is 97.9.